The molecular formula is C11H13N5O3. The number of hydrogen-bond donors (Lipinski definition) is 3. The Balaban J connectivity index is 2.01. The molecule has 3 heterocycles. The van der Waals surface area contributed by atoms with Crippen LogP contribution in [0.1, 0.15) is 6.23 Å². The summed E-state index contributed by atoms with van der Waals surface area (Å²) in [7, 11) is 0. The number of imidazole rings is 1. The van der Waals surface area contributed by atoms with Crippen molar-refractivity contribution in [1.82, 2.24) is 19.5 Å². The second kappa shape index (κ2) is 4.57. The zero-order valence-electron chi connectivity index (χ0n) is 9.92. The van der Waals surface area contributed by atoms with E-state index in [0.29, 0.717) is 17.0 Å². The lowest BCUT2D eigenvalue weighted by atomic mass is 10.1. The Morgan fingerprint density at radius 1 is 1.32 bits per heavy atom. The van der Waals surface area contributed by atoms with Crippen molar-refractivity contribution >= 4 is 17.0 Å². The number of aliphatic hydroxyl groups excluding tert-OH is 2. The molecule has 0 radical (unpaired) electrons. The van der Waals surface area contributed by atoms with Gasteiger partial charge in [-0.2, -0.15) is 0 Å². The van der Waals surface area contributed by atoms with Gasteiger partial charge in [-0.1, -0.05) is 6.08 Å². The van der Waals surface area contributed by atoms with Crippen molar-refractivity contribution in [1.29, 1.82) is 0 Å². The third-order valence-corrected chi connectivity index (χ3v) is 3.01. The maximum absolute atomic E-state index is 9.60. The van der Waals surface area contributed by atoms with Gasteiger partial charge in [0.2, 0.25) is 0 Å². The van der Waals surface area contributed by atoms with E-state index >= 15 is 0 Å². The fourth-order valence-corrected chi connectivity index (χ4v) is 2.00. The molecule has 100 valence electrons. The lowest BCUT2D eigenvalue weighted by molar-refractivity contribution is -0.102. The van der Waals surface area contributed by atoms with Gasteiger partial charge in [-0.25, -0.2) is 15.0 Å². The van der Waals surface area contributed by atoms with Gasteiger partial charge in [0, 0.05) is 0 Å². The number of nitrogens with zero attached hydrogens (tertiary/aromatic N) is 4. The molecule has 1 aliphatic rings. The predicted octanol–water partition coefficient (Wildman–Crippen LogP) is -0.785. The summed E-state index contributed by atoms with van der Waals surface area (Å²) in [5.41, 5.74) is 6.74. The smallest absolute Gasteiger partial charge is 0.167 e. The Morgan fingerprint density at radius 3 is 2.95 bits per heavy atom. The topological polar surface area (TPSA) is 119 Å². The molecular weight excluding hydrogens is 250 g/mol. The molecule has 0 aliphatic carbocycles. The highest BCUT2D eigenvalue weighted by atomic mass is 16.5. The Bertz CT molecular complexity index is 626. The number of anilines is 1. The number of nitrogen functional groups attached to an aromatic ring is 1. The normalized spacial score (nSPS) is 26.9. The number of aromatic nitrogens is 4. The number of rotatable bonds is 2. The van der Waals surface area contributed by atoms with E-state index in [4.69, 9.17) is 15.6 Å². The van der Waals surface area contributed by atoms with Crippen LogP contribution in [-0.4, -0.2) is 48.5 Å². The third-order valence-electron chi connectivity index (χ3n) is 3.01. The first-order valence-corrected chi connectivity index (χ1v) is 5.76. The van der Waals surface area contributed by atoms with Gasteiger partial charge in [0.25, 0.3) is 0 Å². The molecule has 1 aliphatic heterocycles. The van der Waals surface area contributed by atoms with Crippen molar-refractivity contribution in [2.45, 2.75) is 18.4 Å². The van der Waals surface area contributed by atoms with Crippen LogP contribution in [0.3, 0.4) is 0 Å². The van der Waals surface area contributed by atoms with Crippen molar-refractivity contribution in [2.75, 3.05) is 12.3 Å². The average Bonchev–Trinajstić information content (AvgIpc) is 2.85. The van der Waals surface area contributed by atoms with E-state index < -0.39 is 18.4 Å². The molecule has 0 bridgehead atoms. The first-order valence-electron chi connectivity index (χ1n) is 5.76. The summed E-state index contributed by atoms with van der Waals surface area (Å²) >= 11 is 0. The number of nitrogens with two attached hydrogens (primary N) is 1. The van der Waals surface area contributed by atoms with Crippen molar-refractivity contribution in [2.24, 2.45) is 0 Å². The van der Waals surface area contributed by atoms with Gasteiger partial charge >= 0.3 is 0 Å². The molecule has 2 aromatic rings. The number of fused-ring (bicyclic) bond motifs is 1. The highest BCUT2D eigenvalue weighted by Crippen LogP contribution is 2.25. The molecule has 0 saturated carbocycles. The highest BCUT2D eigenvalue weighted by Gasteiger charge is 2.27. The first-order chi connectivity index (χ1) is 9.20. The molecule has 0 saturated heterocycles. The van der Waals surface area contributed by atoms with Crippen molar-refractivity contribution in [3.63, 3.8) is 0 Å². The van der Waals surface area contributed by atoms with E-state index in [2.05, 4.69) is 15.0 Å². The Labute approximate surface area is 108 Å². The minimum Gasteiger partial charge on any atom is -0.394 e. The molecule has 8 heteroatoms. The zero-order chi connectivity index (χ0) is 13.4. The van der Waals surface area contributed by atoms with Crippen LogP contribution in [0.5, 0.6) is 0 Å². The molecule has 0 amide bonds. The Morgan fingerprint density at radius 2 is 2.16 bits per heavy atom. The van der Waals surface area contributed by atoms with Crippen molar-refractivity contribution < 1.29 is 14.9 Å². The monoisotopic (exact) mass is 263 g/mol. The lowest BCUT2D eigenvalue weighted by Gasteiger charge is -2.28. The fourth-order valence-electron chi connectivity index (χ4n) is 2.00. The molecule has 1 unspecified atom stereocenters. The summed E-state index contributed by atoms with van der Waals surface area (Å²) < 4.78 is 7.24. The van der Waals surface area contributed by atoms with E-state index in [1.807, 2.05) is 0 Å². The Hall–Kier alpha value is -2.03. The lowest BCUT2D eigenvalue weighted by Crippen LogP contribution is -2.36. The van der Waals surface area contributed by atoms with Gasteiger partial charge in [0.1, 0.15) is 24.1 Å². The summed E-state index contributed by atoms with van der Waals surface area (Å²) in [4.78, 5) is 12.1. The first kappa shape index (κ1) is 12.0. The second-order valence-corrected chi connectivity index (χ2v) is 4.21. The maximum Gasteiger partial charge on any atom is 0.167 e. The van der Waals surface area contributed by atoms with Crippen LogP contribution in [0.15, 0.2) is 24.8 Å². The number of ether oxygens (including phenoxy) is 1. The van der Waals surface area contributed by atoms with Gasteiger partial charge in [-0.15, -0.1) is 0 Å². The van der Waals surface area contributed by atoms with E-state index in [1.54, 1.807) is 16.7 Å². The fraction of sp³-hybridized carbons (Fsp3) is 0.364. The van der Waals surface area contributed by atoms with Crippen molar-refractivity contribution in [3.8, 4) is 0 Å². The molecule has 0 fully saturated rings. The summed E-state index contributed by atoms with van der Waals surface area (Å²) in [5, 5.41) is 18.7. The summed E-state index contributed by atoms with van der Waals surface area (Å²) in [6.45, 7) is -0.272. The third kappa shape index (κ3) is 1.95. The van der Waals surface area contributed by atoms with Gasteiger partial charge in [-0.3, -0.25) is 4.57 Å². The van der Waals surface area contributed by atoms with Crippen LogP contribution >= 0.6 is 0 Å². The highest BCUT2D eigenvalue weighted by molar-refractivity contribution is 5.81. The Kier molecular flexibility index (Phi) is 2.90. The van der Waals surface area contributed by atoms with Crippen LogP contribution < -0.4 is 5.73 Å². The molecule has 3 rings (SSSR count). The predicted molar refractivity (Wildman–Crippen MR) is 65.9 cm³/mol. The van der Waals surface area contributed by atoms with E-state index in [1.165, 1.54) is 12.7 Å². The minimum atomic E-state index is -0.823. The van der Waals surface area contributed by atoms with E-state index in [-0.39, 0.29) is 6.61 Å². The van der Waals surface area contributed by atoms with Crippen LogP contribution in [0, 0.1) is 0 Å². The van der Waals surface area contributed by atoms with E-state index in [9.17, 15) is 5.11 Å². The molecule has 0 aromatic carbocycles. The average molecular weight is 263 g/mol. The SMILES string of the molecule is Nc1ncnc2c1ncn2C1C=C[C@H](O)[C@@H](CO)O1. The molecule has 3 atom stereocenters. The molecule has 2 aromatic heterocycles. The summed E-state index contributed by atoms with van der Waals surface area (Å²) in [5.74, 6) is 0.294. The zero-order valence-corrected chi connectivity index (χ0v) is 9.92. The molecule has 4 N–H and O–H groups in total. The second-order valence-electron chi connectivity index (χ2n) is 4.21. The summed E-state index contributed by atoms with van der Waals surface area (Å²) in [6.07, 6.45) is 4.14. The maximum atomic E-state index is 9.60. The van der Waals surface area contributed by atoms with E-state index in [0.717, 1.165) is 0 Å². The summed E-state index contributed by atoms with van der Waals surface area (Å²) in [6, 6.07) is 0. The van der Waals surface area contributed by atoms with Gasteiger partial charge in [0.15, 0.2) is 17.7 Å². The largest absolute Gasteiger partial charge is 0.394 e. The quantitative estimate of drug-likeness (QED) is 0.608. The number of aliphatic hydroxyl groups is 2. The van der Waals surface area contributed by atoms with Gasteiger partial charge < -0.3 is 20.7 Å². The van der Waals surface area contributed by atoms with Crippen LogP contribution in [0.4, 0.5) is 5.82 Å². The molecule has 8 nitrogen and oxygen atoms in total. The number of hydrogen-bond acceptors (Lipinski definition) is 7. The van der Waals surface area contributed by atoms with Crippen LogP contribution in [0.25, 0.3) is 11.2 Å². The van der Waals surface area contributed by atoms with Gasteiger partial charge in [-0.05, 0) is 6.08 Å². The molecule has 19 heavy (non-hydrogen) atoms. The van der Waals surface area contributed by atoms with Crippen molar-refractivity contribution in [3.05, 3.63) is 24.8 Å². The minimum absolute atomic E-state index is 0.272. The molecule has 0 spiro atoms. The van der Waals surface area contributed by atoms with Crippen LogP contribution in [0.2, 0.25) is 0 Å². The van der Waals surface area contributed by atoms with Crippen LogP contribution in [-0.2, 0) is 4.74 Å². The standard InChI is InChI=1S/C11H13N5O3/c12-10-9-11(14-4-13-10)16(5-15-9)8-2-1-6(18)7(3-17)19-8/h1-2,4-8,17-18H,3H2,(H2,12,13,14)/t6-,7+,8?/m0/s1. The van der Waals surface area contributed by atoms with Gasteiger partial charge in [0.05, 0.1) is 12.9 Å².